The number of oxazole rings is 1. The van der Waals surface area contributed by atoms with Crippen LogP contribution in [0.1, 0.15) is 18.4 Å². The summed E-state index contributed by atoms with van der Waals surface area (Å²) in [5.41, 5.74) is 2.10. The van der Waals surface area contributed by atoms with Crippen LogP contribution in [-0.4, -0.2) is 16.9 Å². The van der Waals surface area contributed by atoms with Crippen LogP contribution in [0.5, 0.6) is 0 Å². The molecule has 7 heteroatoms. The average molecular weight is 368 g/mol. The van der Waals surface area contributed by atoms with Crippen LogP contribution in [0.4, 0.5) is 10.1 Å². The molecule has 27 heavy (non-hydrogen) atoms. The molecule has 1 amide bonds. The first kappa shape index (κ1) is 18.3. The maximum Gasteiger partial charge on any atom is 0.310 e. The molecule has 0 saturated heterocycles. The Morgan fingerprint density at radius 3 is 2.48 bits per heavy atom. The molecule has 0 saturated carbocycles. The molecule has 3 rings (SSSR count). The number of benzene rings is 2. The van der Waals surface area contributed by atoms with Crippen LogP contribution in [0.2, 0.25) is 0 Å². The number of nitrogens with one attached hydrogen (secondary N) is 1. The molecule has 0 unspecified atom stereocenters. The first-order valence-electron chi connectivity index (χ1n) is 8.22. The van der Waals surface area contributed by atoms with Gasteiger partial charge in [0.15, 0.2) is 12.4 Å². The van der Waals surface area contributed by atoms with E-state index in [1.54, 1.807) is 36.4 Å². The van der Waals surface area contributed by atoms with Crippen LogP contribution in [0.15, 0.2) is 59.1 Å². The van der Waals surface area contributed by atoms with Crippen LogP contribution in [0.3, 0.4) is 0 Å². The summed E-state index contributed by atoms with van der Waals surface area (Å²) in [5.74, 6) is -0.201. The van der Waals surface area contributed by atoms with Gasteiger partial charge in [0.25, 0.3) is 0 Å². The summed E-state index contributed by atoms with van der Waals surface area (Å²) < 4.78 is 23.6. The van der Waals surface area contributed by atoms with Gasteiger partial charge < -0.3 is 14.5 Å². The summed E-state index contributed by atoms with van der Waals surface area (Å²) in [7, 11) is 0. The van der Waals surface area contributed by atoms with Crippen molar-refractivity contribution >= 4 is 17.6 Å². The summed E-state index contributed by atoms with van der Waals surface area (Å²) in [6.45, 7) is 1.33. The van der Waals surface area contributed by atoms with Crippen molar-refractivity contribution in [3.63, 3.8) is 0 Å². The highest BCUT2D eigenvalue weighted by Gasteiger charge is 2.10. The Labute approximate surface area is 155 Å². The molecule has 1 aromatic heterocycles. The summed E-state index contributed by atoms with van der Waals surface area (Å²) in [4.78, 5) is 27.0. The van der Waals surface area contributed by atoms with Gasteiger partial charge in [0.05, 0.1) is 12.6 Å². The number of hydrogen-bond donors (Lipinski definition) is 1. The van der Waals surface area contributed by atoms with Crippen molar-refractivity contribution in [1.29, 1.82) is 0 Å². The van der Waals surface area contributed by atoms with Crippen molar-refractivity contribution in [2.24, 2.45) is 0 Å². The lowest BCUT2D eigenvalue weighted by molar-refractivity contribution is -0.144. The number of esters is 1. The fraction of sp³-hybridized carbons (Fsp3) is 0.150. The molecule has 0 fully saturated rings. The smallest absolute Gasteiger partial charge is 0.310 e. The van der Waals surface area contributed by atoms with E-state index in [2.05, 4.69) is 10.3 Å². The second kappa shape index (κ2) is 8.27. The summed E-state index contributed by atoms with van der Waals surface area (Å²) in [5, 5.41) is 2.65. The number of halogens is 1. The second-order valence-corrected chi connectivity index (χ2v) is 5.84. The van der Waals surface area contributed by atoms with Gasteiger partial charge in [0.1, 0.15) is 5.82 Å². The van der Waals surface area contributed by atoms with Gasteiger partial charge in [-0.15, -0.1) is 0 Å². The number of amides is 1. The maximum atomic E-state index is 13.0. The minimum Gasteiger partial charge on any atom is -0.455 e. The quantitative estimate of drug-likeness (QED) is 0.671. The Bertz CT molecular complexity index is 933. The van der Waals surface area contributed by atoms with E-state index in [9.17, 15) is 14.0 Å². The number of rotatable bonds is 6. The third-order valence-corrected chi connectivity index (χ3v) is 3.66. The van der Waals surface area contributed by atoms with Gasteiger partial charge >= 0.3 is 5.97 Å². The van der Waals surface area contributed by atoms with E-state index in [1.165, 1.54) is 25.3 Å². The van der Waals surface area contributed by atoms with Gasteiger partial charge in [-0.2, -0.15) is 0 Å². The van der Waals surface area contributed by atoms with E-state index < -0.39 is 5.97 Å². The number of anilines is 1. The van der Waals surface area contributed by atoms with Crippen molar-refractivity contribution in [3.8, 4) is 11.3 Å². The molecule has 0 aliphatic rings. The molecule has 0 aliphatic heterocycles. The van der Waals surface area contributed by atoms with E-state index in [0.717, 1.165) is 5.56 Å². The Morgan fingerprint density at radius 2 is 1.81 bits per heavy atom. The zero-order valence-electron chi connectivity index (χ0n) is 14.6. The molecular weight excluding hydrogens is 351 g/mol. The van der Waals surface area contributed by atoms with Crippen molar-refractivity contribution in [2.75, 3.05) is 5.32 Å². The highest BCUT2D eigenvalue weighted by atomic mass is 19.1. The van der Waals surface area contributed by atoms with Crippen molar-refractivity contribution in [1.82, 2.24) is 4.98 Å². The Kier molecular flexibility index (Phi) is 5.61. The van der Waals surface area contributed by atoms with Crippen LogP contribution in [-0.2, 0) is 27.4 Å². The number of hydrogen-bond acceptors (Lipinski definition) is 5. The van der Waals surface area contributed by atoms with Crippen molar-refractivity contribution in [3.05, 3.63) is 72.0 Å². The molecule has 6 nitrogen and oxygen atoms in total. The van der Waals surface area contributed by atoms with E-state index in [-0.39, 0.29) is 30.6 Å². The van der Waals surface area contributed by atoms with Gasteiger partial charge in [-0.05, 0) is 42.0 Å². The molecule has 3 aromatic rings. The lowest BCUT2D eigenvalue weighted by Gasteiger charge is -2.05. The topological polar surface area (TPSA) is 81.4 Å². The van der Waals surface area contributed by atoms with Crippen LogP contribution in [0.25, 0.3) is 11.3 Å². The number of nitrogens with zero attached hydrogens (tertiary/aromatic N) is 1. The molecular formula is C20H17FN2O4. The van der Waals surface area contributed by atoms with Gasteiger partial charge in [0.2, 0.25) is 11.8 Å². The minimum atomic E-state index is -0.427. The monoisotopic (exact) mass is 368 g/mol. The zero-order valence-corrected chi connectivity index (χ0v) is 14.6. The normalized spacial score (nSPS) is 10.4. The van der Waals surface area contributed by atoms with Gasteiger partial charge in [-0.25, -0.2) is 9.37 Å². The standard InChI is InChI=1S/C20H17FN2O4/c1-13(24)23-17-8-2-14(3-9-17)10-20(25)26-12-19-22-11-18(27-19)15-4-6-16(21)7-5-15/h2-9,11H,10,12H2,1H3,(H,23,24). The predicted octanol–water partition coefficient (Wildman–Crippen LogP) is 3.73. The maximum absolute atomic E-state index is 13.0. The molecule has 0 radical (unpaired) electrons. The van der Waals surface area contributed by atoms with E-state index >= 15 is 0 Å². The van der Waals surface area contributed by atoms with Crippen LogP contribution >= 0.6 is 0 Å². The molecule has 0 atom stereocenters. The van der Waals surface area contributed by atoms with Crippen LogP contribution < -0.4 is 5.32 Å². The molecule has 1 N–H and O–H groups in total. The zero-order chi connectivity index (χ0) is 19.2. The number of carbonyl (C=O) groups excluding carboxylic acids is 2. The van der Waals surface area contributed by atoms with E-state index in [1.807, 2.05) is 0 Å². The second-order valence-electron chi connectivity index (χ2n) is 5.84. The lowest BCUT2D eigenvalue weighted by Crippen LogP contribution is -2.09. The highest BCUT2D eigenvalue weighted by Crippen LogP contribution is 2.21. The van der Waals surface area contributed by atoms with E-state index in [4.69, 9.17) is 9.15 Å². The fourth-order valence-electron chi connectivity index (χ4n) is 2.39. The molecule has 0 spiro atoms. The average Bonchev–Trinajstić information content (AvgIpc) is 3.11. The summed E-state index contributed by atoms with van der Waals surface area (Å²) in [6, 6.07) is 12.7. The highest BCUT2D eigenvalue weighted by molar-refractivity contribution is 5.88. The molecule has 0 bridgehead atoms. The number of aromatic nitrogens is 1. The SMILES string of the molecule is CC(=O)Nc1ccc(CC(=O)OCc2ncc(-c3ccc(F)cc3)o2)cc1. The summed E-state index contributed by atoms with van der Waals surface area (Å²) in [6.07, 6.45) is 1.59. The number of ether oxygens (including phenoxy) is 1. The van der Waals surface area contributed by atoms with Crippen LogP contribution in [0, 0.1) is 5.82 Å². The van der Waals surface area contributed by atoms with E-state index in [0.29, 0.717) is 17.0 Å². The lowest BCUT2D eigenvalue weighted by atomic mass is 10.1. The Morgan fingerprint density at radius 1 is 1.11 bits per heavy atom. The number of carbonyl (C=O) groups is 2. The molecule has 1 heterocycles. The Hall–Kier alpha value is -3.48. The third-order valence-electron chi connectivity index (χ3n) is 3.66. The van der Waals surface area contributed by atoms with Gasteiger partial charge in [0, 0.05) is 18.2 Å². The third kappa shape index (κ3) is 5.24. The minimum absolute atomic E-state index is 0.0892. The summed E-state index contributed by atoms with van der Waals surface area (Å²) >= 11 is 0. The van der Waals surface area contributed by atoms with Crippen molar-refractivity contribution < 1.29 is 23.1 Å². The Balaban J connectivity index is 1.52. The largest absolute Gasteiger partial charge is 0.455 e. The molecule has 2 aromatic carbocycles. The molecule has 138 valence electrons. The predicted molar refractivity (Wildman–Crippen MR) is 96.1 cm³/mol. The fourth-order valence-corrected chi connectivity index (χ4v) is 2.39. The van der Waals surface area contributed by atoms with Gasteiger partial charge in [-0.3, -0.25) is 9.59 Å². The molecule has 0 aliphatic carbocycles. The first-order valence-corrected chi connectivity index (χ1v) is 8.22. The van der Waals surface area contributed by atoms with Gasteiger partial charge in [-0.1, -0.05) is 12.1 Å². The van der Waals surface area contributed by atoms with Crippen molar-refractivity contribution in [2.45, 2.75) is 20.0 Å². The first-order chi connectivity index (χ1) is 13.0.